The van der Waals surface area contributed by atoms with Gasteiger partial charge in [0.25, 0.3) is 0 Å². The standard InChI is InChI=1S/C8H6F3.2ClH.Zn/c1-6-3-2-4-7(5-6)8(9,10)11;;;/h2-5H,1H2;2*1H;/q;;;+2/p-2. The molecule has 0 aliphatic heterocycles. The summed E-state index contributed by atoms with van der Waals surface area (Å²) in [5.74, 6) is 0. The van der Waals surface area contributed by atoms with Crippen molar-refractivity contribution < 1.29 is 28.3 Å². The van der Waals surface area contributed by atoms with E-state index >= 15 is 0 Å². The summed E-state index contributed by atoms with van der Waals surface area (Å²) in [6.07, 6.45) is -4.26. The zero-order valence-corrected chi connectivity index (χ0v) is 11.6. The molecule has 0 amide bonds. The Balaban J connectivity index is 0.000000500. The maximum absolute atomic E-state index is 11.9. The molecular formula is C8H6Cl2F3Zn. The fraction of sp³-hybridized carbons (Fsp3) is 0.125. The van der Waals surface area contributed by atoms with Gasteiger partial charge in [-0.25, -0.2) is 0 Å². The van der Waals surface area contributed by atoms with Crippen molar-refractivity contribution in [3.63, 3.8) is 0 Å². The first-order valence-electron chi connectivity index (χ1n) is 3.53. The van der Waals surface area contributed by atoms with E-state index in [9.17, 15) is 13.2 Å². The number of halogens is 5. The monoisotopic (exact) mass is 293 g/mol. The number of hydrogen-bond donors (Lipinski definition) is 0. The van der Waals surface area contributed by atoms with E-state index in [1.54, 1.807) is 0 Å². The predicted molar refractivity (Wildman–Crippen MR) is 47.6 cm³/mol. The van der Waals surface area contributed by atoms with Crippen LogP contribution in [0.15, 0.2) is 24.3 Å². The molecule has 0 aromatic heterocycles. The van der Waals surface area contributed by atoms with Crippen LogP contribution in [-0.2, 0) is 21.3 Å². The first-order chi connectivity index (χ1) is 6.41. The Kier molecular flexibility index (Phi) is 6.75. The fourth-order valence-electron chi connectivity index (χ4n) is 0.748. The Bertz CT molecular complexity index is 276. The molecular weight excluding hydrogens is 289 g/mol. The van der Waals surface area contributed by atoms with E-state index < -0.39 is 26.9 Å². The van der Waals surface area contributed by atoms with Crippen LogP contribution < -0.4 is 0 Å². The molecule has 0 N–H and O–H groups in total. The van der Waals surface area contributed by atoms with Crippen LogP contribution in [0, 0.1) is 6.92 Å². The van der Waals surface area contributed by atoms with Crippen LogP contribution in [0.3, 0.4) is 0 Å². The van der Waals surface area contributed by atoms with Crippen molar-refractivity contribution in [3.8, 4) is 0 Å². The van der Waals surface area contributed by atoms with Crippen molar-refractivity contribution >= 4 is 19.4 Å². The molecule has 75 valence electrons. The van der Waals surface area contributed by atoms with E-state index in [4.69, 9.17) is 19.4 Å². The SMILES string of the molecule is [CH2]c1cccc(C(F)(F)F)c1.[Cl][Zn][Cl]. The van der Waals surface area contributed by atoms with E-state index in [-0.39, 0.29) is 0 Å². The molecule has 0 bridgehead atoms. The van der Waals surface area contributed by atoms with E-state index in [1.807, 2.05) is 0 Å². The molecule has 0 fully saturated rings. The van der Waals surface area contributed by atoms with Crippen molar-refractivity contribution in [2.75, 3.05) is 0 Å². The van der Waals surface area contributed by atoms with Crippen LogP contribution in [-0.4, -0.2) is 0 Å². The first kappa shape index (κ1) is 14.2. The Morgan fingerprint density at radius 3 is 2.00 bits per heavy atom. The van der Waals surface area contributed by atoms with Gasteiger partial charge in [0.1, 0.15) is 0 Å². The first-order valence-corrected chi connectivity index (χ1v) is 11.3. The van der Waals surface area contributed by atoms with Crippen molar-refractivity contribution in [1.82, 2.24) is 0 Å². The zero-order chi connectivity index (χ0) is 11.2. The van der Waals surface area contributed by atoms with Gasteiger partial charge in [-0.1, -0.05) is 18.2 Å². The topological polar surface area (TPSA) is 0 Å². The third-order valence-electron chi connectivity index (χ3n) is 1.25. The number of hydrogen-bond acceptors (Lipinski definition) is 0. The minimum absolute atomic E-state index is 0.375. The van der Waals surface area contributed by atoms with Gasteiger partial charge in [0.15, 0.2) is 0 Å². The van der Waals surface area contributed by atoms with Crippen molar-refractivity contribution in [2.24, 2.45) is 0 Å². The van der Waals surface area contributed by atoms with Crippen LogP contribution >= 0.6 is 19.4 Å². The van der Waals surface area contributed by atoms with Gasteiger partial charge in [-0.3, -0.25) is 0 Å². The number of rotatable bonds is 0. The van der Waals surface area contributed by atoms with Gasteiger partial charge in [-0.15, -0.1) is 0 Å². The summed E-state index contributed by atoms with van der Waals surface area (Å²) in [6.45, 7) is 3.39. The molecule has 0 unspecified atom stereocenters. The summed E-state index contributed by atoms with van der Waals surface area (Å²) >= 11 is -0.931. The molecule has 0 nitrogen and oxygen atoms in total. The van der Waals surface area contributed by atoms with Gasteiger partial charge in [0.2, 0.25) is 0 Å². The average molecular weight is 295 g/mol. The molecule has 0 atom stereocenters. The van der Waals surface area contributed by atoms with Gasteiger partial charge in [0.05, 0.1) is 5.56 Å². The van der Waals surface area contributed by atoms with Crippen LogP contribution in [0.4, 0.5) is 13.2 Å². The van der Waals surface area contributed by atoms with Gasteiger partial charge < -0.3 is 0 Å². The van der Waals surface area contributed by atoms with Crippen molar-refractivity contribution in [3.05, 3.63) is 42.3 Å². The third kappa shape index (κ3) is 5.84. The average Bonchev–Trinajstić information content (AvgIpc) is 2.04. The molecule has 0 saturated carbocycles. The molecule has 0 aliphatic carbocycles. The zero-order valence-electron chi connectivity index (χ0n) is 7.11. The van der Waals surface area contributed by atoms with E-state index in [0.717, 1.165) is 12.1 Å². The normalized spacial score (nSPS) is 9.86. The van der Waals surface area contributed by atoms with Gasteiger partial charge >= 0.3 is 40.7 Å². The molecule has 1 aromatic carbocycles. The number of benzene rings is 1. The second kappa shape index (κ2) is 6.65. The Labute approximate surface area is 96.1 Å². The van der Waals surface area contributed by atoms with Crippen LogP contribution in [0.5, 0.6) is 0 Å². The molecule has 6 heteroatoms. The van der Waals surface area contributed by atoms with Gasteiger partial charge in [-0.2, -0.15) is 13.2 Å². The molecule has 1 rings (SSSR count). The molecule has 1 radical (unpaired) electrons. The maximum atomic E-state index is 11.9. The Morgan fingerprint density at radius 1 is 1.21 bits per heavy atom. The molecule has 1 aromatic rings. The summed E-state index contributed by atoms with van der Waals surface area (Å²) in [5.41, 5.74) is -0.273. The van der Waals surface area contributed by atoms with Crippen LogP contribution in [0.25, 0.3) is 0 Å². The minimum atomic E-state index is -4.26. The van der Waals surface area contributed by atoms with Gasteiger partial charge in [0, 0.05) is 0 Å². The van der Waals surface area contributed by atoms with Crippen molar-refractivity contribution in [1.29, 1.82) is 0 Å². The summed E-state index contributed by atoms with van der Waals surface area (Å²) in [6, 6.07) is 4.90. The Hall–Kier alpha value is 0.213. The van der Waals surface area contributed by atoms with Crippen molar-refractivity contribution in [2.45, 2.75) is 6.18 Å². The van der Waals surface area contributed by atoms with Crippen LogP contribution in [0.1, 0.15) is 11.1 Å². The summed E-state index contributed by atoms with van der Waals surface area (Å²) in [5, 5.41) is 0. The molecule has 0 heterocycles. The van der Waals surface area contributed by atoms with E-state index in [1.165, 1.54) is 12.1 Å². The summed E-state index contributed by atoms with van der Waals surface area (Å²) < 4.78 is 35.8. The second-order valence-electron chi connectivity index (χ2n) is 2.30. The predicted octanol–water partition coefficient (Wildman–Crippen LogP) is 4.26. The summed E-state index contributed by atoms with van der Waals surface area (Å²) in [7, 11) is 9.90. The van der Waals surface area contributed by atoms with E-state index in [0.29, 0.717) is 5.56 Å². The fourth-order valence-corrected chi connectivity index (χ4v) is 0.748. The number of alkyl halides is 3. The molecule has 0 aliphatic rings. The van der Waals surface area contributed by atoms with Crippen LogP contribution in [0.2, 0.25) is 0 Å². The second-order valence-corrected chi connectivity index (χ2v) is 6.92. The van der Waals surface area contributed by atoms with E-state index in [2.05, 4.69) is 6.92 Å². The molecule has 0 spiro atoms. The molecule has 0 saturated heterocycles. The Morgan fingerprint density at radius 2 is 1.71 bits per heavy atom. The third-order valence-corrected chi connectivity index (χ3v) is 1.25. The quantitative estimate of drug-likeness (QED) is 0.627. The summed E-state index contributed by atoms with van der Waals surface area (Å²) in [4.78, 5) is 0. The van der Waals surface area contributed by atoms with Gasteiger partial charge in [-0.05, 0) is 18.6 Å². The molecule has 14 heavy (non-hydrogen) atoms.